The largest absolute Gasteiger partial charge is 0.496 e. The summed E-state index contributed by atoms with van der Waals surface area (Å²) in [6.07, 6.45) is 0. The second-order valence-corrected chi connectivity index (χ2v) is 3.81. The lowest BCUT2D eigenvalue weighted by atomic mass is 10.0. The van der Waals surface area contributed by atoms with Gasteiger partial charge in [-0.2, -0.15) is 0 Å². The van der Waals surface area contributed by atoms with Gasteiger partial charge in [0.05, 0.1) is 19.8 Å². The Hall–Kier alpha value is -2.23. The van der Waals surface area contributed by atoms with Crippen LogP contribution in [-0.4, -0.2) is 27.2 Å². The van der Waals surface area contributed by atoms with Crippen LogP contribution in [0.4, 0.5) is 0 Å². The van der Waals surface area contributed by atoms with Crippen LogP contribution in [0.15, 0.2) is 30.3 Å². The average molecular weight is 245 g/mol. The van der Waals surface area contributed by atoms with Gasteiger partial charge in [-0.25, -0.2) is 0 Å². The van der Waals surface area contributed by atoms with Crippen LogP contribution in [0, 0.1) is 0 Å². The van der Waals surface area contributed by atoms with Crippen molar-refractivity contribution in [3.63, 3.8) is 0 Å². The normalized spacial score (nSPS) is 10.2. The Bertz CT molecular complexity index is 593. The van der Waals surface area contributed by atoms with Crippen molar-refractivity contribution < 1.29 is 14.3 Å². The fourth-order valence-electron chi connectivity index (χ4n) is 1.94. The molecule has 0 atom stereocenters. The van der Waals surface area contributed by atoms with Crippen LogP contribution >= 0.6 is 0 Å². The van der Waals surface area contributed by atoms with Crippen LogP contribution in [0.25, 0.3) is 10.8 Å². The minimum absolute atomic E-state index is 0.170. The Kier molecular flexibility index (Phi) is 3.37. The number of carbonyl (C=O) groups is 1. The number of hydrogen-bond donors (Lipinski definition) is 1. The number of fused-ring (bicyclic) bond motifs is 1. The highest BCUT2D eigenvalue weighted by Crippen LogP contribution is 2.31. The molecule has 0 aliphatic carbocycles. The van der Waals surface area contributed by atoms with Gasteiger partial charge >= 0.3 is 0 Å². The standard InChI is InChI=1S/C14H15NO3/c1-15-14(16)11-7-9-5-4-6-12(17-2)10(9)8-13(11)18-3/h4-8H,1-3H3,(H,15,16). The molecular formula is C14H15NO3. The summed E-state index contributed by atoms with van der Waals surface area (Å²) in [5.41, 5.74) is 0.515. The molecule has 1 amide bonds. The number of ether oxygens (including phenoxy) is 2. The zero-order chi connectivity index (χ0) is 13.1. The van der Waals surface area contributed by atoms with E-state index in [1.54, 1.807) is 27.3 Å². The summed E-state index contributed by atoms with van der Waals surface area (Å²) in [6.45, 7) is 0. The summed E-state index contributed by atoms with van der Waals surface area (Å²) < 4.78 is 10.6. The van der Waals surface area contributed by atoms with E-state index < -0.39 is 0 Å². The molecule has 0 aliphatic heterocycles. The zero-order valence-electron chi connectivity index (χ0n) is 10.6. The van der Waals surface area contributed by atoms with Gasteiger partial charge in [-0.15, -0.1) is 0 Å². The van der Waals surface area contributed by atoms with Crippen molar-refractivity contribution in [2.75, 3.05) is 21.3 Å². The molecular weight excluding hydrogens is 230 g/mol. The van der Waals surface area contributed by atoms with Crippen LogP contribution in [0.2, 0.25) is 0 Å². The lowest BCUT2D eigenvalue weighted by Gasteiger charge is -2.11. The Morgan fingerprint density at radius 1 is 1.11 bits per heavy atom. The molecule has 0 fully saturated rings. The maximum absolute atomic E-state index is 11.8. The molecule has 2 rings (SSSR count). The summed E-state index contributed by atoms with van der Waals surface area (Å²) in [7, 11) is 4.76. The number of hydrogen-bond acceptors (Lipinski definition) is 3. The molecule has 0 radical (unpaired) electrons. The topological polar surface area (TPSA) is 47.6 Å². The first kappa shape index (κ1) is 12.2. The Balaban J connectivity index is 2.72. The molecule has 0 aliphatic rings. The van der Waals surface area contributed by atoms with Gasteiger partial charge in [-0.05, 0) is 23.6 Å². The van der Waals surface area contributed by atoms with E-state index in [4.69, 9.17) is 9.47 Å². The van der Waals surface area contributed by atoms with Crippen molar-refractivity contribution in [2.24, 2.45) is 0 Å². The van der Waals surface area contributed by atoms with Crippen molar-refractivity contribution in [3.05, 3.63) is 35.9 Å². The van der Waals surface area contributed by atoms with E-state index in [1.807, 2.05) is 24.3 Å². The summed E-state index contributed by atoms with van der Waals surface area (Å²) in [5.74, 6) is 1.12. The van der Waals surface area contributed by atoms with E-state index in [2.05, 4.69) is 5.32 Å². The quantitative estimate of drug-likeness (QED) is 0.902. The lowest BCUT2D eigenvalue weighted by molar-refractivity contribution is 0.0960. The van der Waals surface area contributed by atoms with E-state index in [0.717, 1.165) is 16.5 Å². The molecule has 0 heterocycles. The number of benzene rings is 2. The second kappa shape index (κ2) is 4.96. The average Bonchev–Trinajstić information content (AvgIpc) is 2.44. The fourth-order valence-corrected chi connectivity index (χ4v) is 1.94. The fraction of sp³-hybridized carbons (Fsp3) is 0.214. The number of rotatable bonds is 3. The van der Waals surface area contributed by atoms with Crippen molar-refractivity contribution in [1.29, 1.82) is 0 Å². The molecule has 4 heteroatoms. The number of carbonyl (C=O) groups excluding carboxylic acids is 1. The van der Waals surface area contributed by atoms with E-state index in [9.17, 15) is 4.79 Å². The Morgan fingerprint density at radius 2 is 1.83 bits per heavy atom. The third kappa shape index (κ3) is 1.97. The first-order valence-electron chi connectivity index (χ1n) is 5.58. The van der Waals surface area contributed by atoms with Gasteiger partial charge in [0, 0.05) is 12.4 Å². The summed E-state index contributed by atoms with van der Waals surface area (Å²) >= 11 is 0. The van der Waals surface area contributed by atoms with Gasteiger partial charge in [0.1, 0.15) is 11.5 Å². The van der Waals surface area contributed by atoms with Crippen molar-refractivity contribution >= 4 is 16.7 Å². The van der Waals surface area contributed by atoms with E-state index in [0.29, 0.717) is 11.3 Å². The van der Waals surface area contributed by atoms with E-state index >= 15 is 0 Å². The third-order valence-electron chi connectivity index (χ3n) is 2.85. The highest BCUT2D eigenvalue weighted by Gasteiger charge is 2.13. The summed E-state index contributed by atoms with van der Waals surface area (Å²) in [5, 5.41) is 4.46. The maximum Gasteiger partial charge on any atom is 0.254 e. The SMILES string of the molecule is CNC(=O)c1cc2cccc(OC)c2cc1OC. The van der Waals surface area contributed by atoms with Gasteiger partial charge < -0.3 is 14.8 Å². The van der Waals surface area contributed by atoms with Gasteiger partial charge in [0.25, 0.3) is 5.91 Å². The smallest absolute Gasteiger partial charge is 0.254 e. The van der Waals surface area contributed by atoms with Gasteiger partial charge in [-0.1, -0.05) is 12.1 Å². The molecule has 1 N–H and O–H groups in total. The van der Waals surface area contributed by atoms with Crippen LogP contribution in [0.3, 0.4) is 0 Å². The predicted molar refractivity (Wildman–Crippen MR) is 70.4 cm³/mol. The van der Waals surface area contributed by atoms with Gasteiger partial charge in [-0.3, -0.25) is 4.79 Å². The first-order chi connectivity index (χ1) is 8.71. The van der Waals surface area contributed by atoms with Crippen molar-refractivity contribution in [1.82, 2.24) is 5.32 Å². The highest BCUT2D eigenvalue weighted by molar-refractivity contribution is 6.02. The molecule has 0 unspecified atom stereocenters. The summed E-state index contributed by atoms with van der Waals surface area (Å²) in [4.78, 5) is 11.8. The molecule has 4 nitrogen and oxygen atoms in total. The number of amides is 1. The first-order valence-corrected chi connectivity index (χ1v) is 5.58. The summed E-state index contributed by atoms with van der Waals surface area (Å²) in [6, 6.07) is 9.32. The van der Waals surface area contributed by atoms with Crippen molar-refractivity contribution in [3.8, 4) is 11.5 Å². The molecule has 94 valence electrons. The third-order valence-corrected chi connectivity index (χ3v) is 2.85. The lowest BCUT2D eigenvalue weighted by Crippen LogP contribution is -2.18. The van der Waals surface area contributed by atoms with Crippen LogP contribution in [-0.2, 0) is 0 Å². The molecule has 0 aromatic heterocycles. The number of nitrogens with one attached hydrogen (secondary N) is 1. The molecule has 2 aromatic rings. The van der Waals surface area contributed by atoms with Crippen LogP contribution in [0.5, 0.6) is 11.5 Å². The second-order valence-electron chi connectivity index (χ2n) is 3.81. The number of methoxy groups -OCH3 is 2. The molecule has 0 saturated carbocycles. The molecule has 2 aromatic carbocycles. The predicted octanol–water partition coefficient (Wildman–Crippen LogP) is 2.22. The Labute approximate surface area is 106 Å². The van der Waals surface area contributed by atoms with Crippen LogP contribution in [0.1, 0.15) is 10.4 Å². The van der Waals surface area contributed by atoms with E-state index in [1.165, 1.54) is 0 Å². The Morgan fingerprint density at radius 3 is 2.44 bits per heavy atom. The molecule has 18 heavy (non-hydrogen) atoms. The van der Waals surface area contributed by atoms with E-state index in [-0.39, 0.29) is 5.91 Å². The maximum atomic E-state index is 11.8. The molecule has 0 bridgehead atoms. The van der Waals surface area contributed by atoms with Gasteiger partial charge in [0.2, 0.25) is 0 Å². The zero-order valence-corrected chi connectivity index (χ0v) is 10.6. The minimum atomic E-state index is -0.170. The molecule has 0 saturated heterocycles. The minimum Gasteiger partial charge on any atom is -0.496 e. The molecule has 0 spiro atoms. The monoisotopic (exact) mass is 245 g/mol. The van der Waals surface area contributed by atoms with Gasteiger partial charge in [0.15, 0.2) is 0 Å². The highest BCUT2D eigenvalue weighted by atomic mass is 16.5. The van der Waals surface area contributed by atoms with Crippen LogP contribution < -0.4 is 14.8 Å². The van der Waals surface area contributed by atoms with Crippen molar-refractivity contribution in [2.45, 2.75) is 0 Å².